The van der Waals surface area contributed by atoms with Gasteiger partial charge in [-0.2, -0.15) is 10.5 Å². The summed E-state index contributed by atoms with van der Waals surface area (Å²) in [4.78, 5) is 0. The lowest BCUT2D eigenvalue weighted by Gasteiger charge is -2.54. The molecule has 3 fully saturated rings. The molecular formula is C34H43FN2. The second kappa shape index (κ2) is 12.3. The van der Waals surface area contributed by atoms with Crippen molar-refractivity contribution in [3.05, 3.63) is 69.5 Å². The Bertz CT molecular complexity index is 1140. The third-order valence-electron chi connectivity index (χ3n) is 9.65. The Morgan fingerprint density at radius 1 is 0.730 bits per heavy atom. The van der Waals surface area contributed by atoms with Gasteiger partial charge in [0.15, 0.2) is 0 Å². The van der Waals surface area contributed by atoms with Crippen LogP contribution in [-0.2, 0) is 24.7 Å². The van der Waals surface area contributed by atoms with Gasteiger partial charge < -0.3 is 0 Å². The number of fused-ring (bicyclic) bond motifs is 3. The molecule has 196 valence electrons. The highest BCUT2D eigenvalue weighted by atomic mass is 19.1. The van der Waals surface area contributed by atoms with E-state index in [0.29, 0.717) is 29.4 Å². The Kier molecular flexibility index (Phi) is 9.08. The minimum Gasteiger partial charge on any atom is -0.207 e. The first-order valence-electron chi connectivity index (χ1n) is 14.7. The van der Waals surface area contributed by atoms with Crippen LogP contribution in [0.1, 0.15) is 131 Å². The third kappa shape index (κ3) is 5.93. The van der Waals surface area contributed by atoms with Gasteiger partial charge in [0.05, 0.1) is 11.1 Å². The van der Waals surface area contributed by atoms with Gasteiger partial charge in [-0.15, -0.1) is 0 Å². The number of hydrogen-bond donors (Lipinski definition) is 0. The normalized spacial score (nSPS) is 22.5. The molecule has 0 atom stereocenters. The average Bonchev–Trinajstić information content (AvgIpc) is 2.93. The molecular weight excluding hydrogens is 455 g/mol. The first-order chi connectivity index (χ1) is 18.0. The van der Waals surface area contributed by atoms with Gasteiger partial charge in [0, 0.05) is 0 Å². The largest absolute Gasteiger partial charge is 0.207 e. The first-order valence-corrected chi connectivity index (χ1v) is 14.7. The lowest BCUT2D eigenvalue weighted by atomic mass is 9.50. The van der Waals surface area contributed by atoms with E-state index >= 15 is 0 Å². The van der Waals surface area contributed by atoms with Gasteiger partial charge in [0.25, 0.3) is 0 Å². The summed E-state index contributed by atoms with van der Waals surface area (Å²) < 4.78 is 14.6. The molecule has 0 unspecified atom stereocenters. The fourth-order valence-corrected chi connectivity index (χ4v) is 7.13. The van der Waals surface area contributed by atoms with E-state index in [1.54, 1.807) is 6.07 Å². The Labute approximate surface area is 223 Å². The van der Waals surface area contributed by atoms with Crippen LogP contribution in [0.3, 0.4) is 0 Å². The van der Waals surface area contributed by atoms with E-state index in [9.17, 15) is 14.9 Å². The van der Waals surface area contributed by atoms with Crippen LogP contribution in [0, 0.1) is 33.9 Å². The molecule has 2 aromatic rings. The van der Waals surface area contributed by atoms with Crippen LogP contribution < -0.4 is 0 Å². The minimum atomic E-state index is -0.123. The lowest BCUT2D eigenvalue weighted by molar-refractivity contribution is 0.0304. The molecule has 0 saturated heterocycles. The zero-order valence-corrected chi connectivity index (χ0v) is 23.0. The van der Waals surface area contributed by atoms with E-state index in [4.69, 9.17) is 0 Å². The van der Waals surface area contributed by atoms with E-state index in [1.165, 1.54) is 44.9 Å². The number of aryl methyl sites for hydroxylation is 3. The van der Waals surface area contributed by atoms with Crippen molar-refractivity contribution >= 4 is 0 Å². The fraction of sp³-hybridized carbons (Fsp3) is 0.588. The highest BCUT2D eigenvalue weighted by Crippen LogP contribution is 2.60. The second-order valence-electron chi connectivity index (χ2n) is 11.9. The van der Waals surface area contributed by atoms with E-state index in [0.717, 1.165) is 67.2 Å². The maximum atomic E-state index is 14.6. The van der Waals surface area contributed by atoms with E-state index in [-0.39, 0.29) is 11.2 Å². The SMILES string of the molecule is CCCCCc1ccc(CCc2ccc(C34CCC(CCCCC)(CC3)CC4)c(C#N)c2C#N)cc1F. The number of nitriles is 2. The monoisotopic (exact) mass is 498 g/mol. The van der Waals surface area contributed by atoms with Crippen molar-refractivity contribution in [2.45, 2.75) is 122 Å². The average molecular weight is 499 g/mol. The third-order valence-corrected chi connectivity index (χ3v) is 9.65. The van der Waals surface area contributed by atoms with Crippen LogP contribution in [0.15, 0.2) is 30.3 Å². The topological polar surface area (TPSA) is 47.6 Å². The Hall–Kier alpha value is -2.65. The molecule has 37 heavy (non-hydrogen) atoms. The maximum absolute atomic E-state index is 14.6. The summed E-state index contributed by atoms with van der Waals surface area (Å²) in [5.41, 5.74) is 5.46. The standard InChI is InChI=1S/C34H43FN2/c1-3-5-7-9-28-13-11-26(23-32(28)35)10-12-27-14-15-31(30(25-37)29(27)24-36)34-20-17-33(18-21-34,19-22-34)16-8-6-4-2/h11,13-15,23H,3-10,12,16-22H2,1-2H3. The van der Waals surface area contributed by atoms with E-state index in [2.05, 4.69) is 38.1 Å². The molecule has 0 amide bonds. The zero-order valence-electron chi connectivity index (χ0n) is 23.0. The van der Waals surface area contributed by atoms with Gasteiger partial charge in [0.2, 0.25) is 0 Å². The lowest BCUT2D eigenvalue weighted by Crippen LogP contribution is -2.44. The summed E-state index contributed by atoms with van der Waals surface area (Å²) in [6.07, 6.45) is 17.8. The van der Waals surface area contributed by atoms with Crippen LogP contribution in [-0.4, -0.2) is 0 Å². The van der Waals surface area contributed by atoms with Crippen molar-refractivity contribution in [1.82, 2.24) is 0 Å². The maximum Gasteiger partial charge on any atom is 0.126 e. The molecule has 3 aliphatic carbocycles. The number of benzene rings is 2. The molecule has 0 aromatic heterocycles. The van der Waals surface area contributed by atoms with E-state index in [1.807, 2.05) is 12.1 Å². The van der Waals surface area contributed by atoms with Gasteiger partial charge in [-0.05, 0) is 110 Å². The molecule has 2 aromatic carbocycles. The predicted molar refractivity (Wildman–Crippen MR) is 149 cm³/mol. The highest BCUT2D eigenvalue weighted by molar-refractivity contribution is 5.57. The number of unbranched alkanes of at least 4 members (excludes halogenated alkanes) is 4. The summed E-state index contributed by atoms with van der Waals surface area (Å²) in [6.45, 7) is 4.43. The number of nitrogens with zero attached hydrogens (tertiary/aromatic N) is 2. The summed E-state index contributed by atoms with van der Waals surface area (Å²) in [5.74, 6) is -0.123. The second-order valence-corrected chi connectivity index (χ2v) is 11.9. The number of hydrogen-bond acceptors (Lipinski definition) is 2. The van der Waals surface area contributed by atoms with Crippen molar-refractivity contribution < 1.29 is 4.39 Å². The van der Waals surface area contributed by atoms with Crippen molar-refractivity contribution in [2.75, 3.05) is 0 Å². The zero-order chi connectivity index (χ0) is 26.3. The van der Waals surface area contributed by atoms with Crippen molar-refractivity contribution in [1.29, 1.82) is 10.5 Å². The summed E-state index contributed by atoms with van der Waals surface area (Å²) in [6, 6.07) is 14.6. The van der Waals surface area contributed by atoms with Crippen LogP contribution in [0.5, 0.6) is 0 Å². The molecule has 3 heteroatoms. The summed E-state index contributed by atoms with van der Waals surface area (Å²) >= 11 is 0. The number of halogens is 1. The van der Waals surface area contributed by atoms with E-state index < -0.39 is 0 Å². The van der Waals surface area contributed by atoms with Crippen LogP contribution in [0.25, 0.3) is 0 Å². The Morgan fingerprint density at radius 2 is 1.38 bits per heavy atom. The molecule has 2 bridgehead atoms. The van der Waals surface area contributed by atoms with Crippen LogP contribution in [0.2, 0.25) is 0 Å². The van der Waals surface area contributed by atoms with Gasteiger partial charge in [-0.1, -0.05) is 70.2 Å². The Morgan fingerprint density at radius 3 is 2.00 bits per heavy atom. The van der Waals surface area contributed by atoms with Gasteiger partial charge in [-0.25, -0.2) is 4.39 Å². The number of rotatable bonds is 12. The molecule has 0 spiro atoms. The quantitative estimate of drug-likeness (QED) is 0.274. The molecule has 0 heterocycles. The van der Waals surface area contributed by atoms with Crippen LogP contribution >= 0.6 is 0 Å². The van der Waals surface area contributed by atoms with Crippen molar-refractivity contribution in [2.24, 2.45) is 5.41 Å². The molecule has 0 aliphatic heterocycles. The molecule has 3 saturated carbocycles. The summed E-state index contributed by atoms with van der Waals surface area (Å²) in [5, 5.41) is 20.3. The Balaban J connectivity index is 1.48. The van der Waals surface area contributed by atoms with Gasteiger partial charge in [-0.3, -0.25) is 0 Å². The van der Waals surface area contributed by atoms with Crippen molar-refractivity contribution in [3.63, 3.8) is 0 Å². The minimum absolute atomic E-state index is 0.0540. The molecule has 2 nitrogen and oxygen atoms in total. The molecule has 0 N–H and O–H groups in total. The fourth-order valence-electron chi connectivity index (χ4n) is 7.13. The molecule has 0 radical (unpaired) electrons. The summed E-state index contributed by atoms with van der Waals surface area (Å²) in [7, 11) is 0. The van der Waals surface area contributed by atoms with Crippen LogP contribution in [0.4, 0.5) is 4.39 Å². The molecule has 5 rings (SSSR count). The van der Waals surface area contributed by atoms with Gasteiger partial charge >= 0.3 is 0 Å². The predicted octanol–water partition coefficient (Wildman–Crippen LogP) is 9.26. The molecule has 3 aliphatic rings. The highest BCUT2D eigenvalue weighted by Gasteiger charge is 2.49. The smallest absolute Gasteiger partial charge is 0.126 e. The first kappa shape index (κ1) is 27.4. The van der Waals surface area contributed by atoms with Crippen molar-refractivity contribution in [3.8, 4) is 12.1 Å². The van der Waals surface area contributed by atoms with Gasteiger partial charge in [0.1, 0.15) is 18.0 Å².